The summed E-state index contributed by atoms with van der Waals surface area (Å²) in [5, 5.41) is 4.16. The smallest absolute Gasteiger partial charge is 0.287 e. The van der Waals surface area contributed by atoms with Crippen LogP contribution in [0.4, 0.5) is 0 Å². The van der Waals surface area contributed by atoms with Crippen molar-refractivity contribution in [3.8, 4) is 5.75 Å². The summed E-state index contributed by atoms with van der Waals surface area (Å²) >= 11 is 6.15. The Bertz CT molecular complexity index is 1840. The van der Waals surface area contributed by atoms with Gasteiger partial charge in [-0.25, -0.2) is 0 Å². The van der Waals surface area contributed by atoms with E-state index < -0.39 is 5.91 Å². The molecule has 8 heteroatoms. The van der Waals surface area contributed by atoms with Crippen LogP contribution in [0.15, 0.2) is 93.7 Å². The number of nitrogens with zero attached hydrogens (tertiary/aromatic N) is 1. The van der Waals surface area contributed by atoms with Gasteiger partial charge in [-0.05, 0) is 104 Å². The number of halogens is 1. The molecule has 3 aromatic carbocycles. The SMILES string of the molecule is CCCOc1ccc2oc(C(=O)N[C@H](C=C3CCC(c4ccccc4CN4CCCCC4=O)CC3)Cc3ccc(Cl)cc3)cc(=O)c2c1. The van der Waals surface area contributed by atoms with E-state index in [1.807, 2.05) is 36.1 Å². The highest BCUT2D eigenvalue weighted by molar-refractivity contribution is 6.30. The van der Waals surface area contributed by atoms with E-state index >= 15 is 0 Å². The van der Waals surface area contributed by atoms with Gasteiger partial charge in [0.05, 0.1) is 18.0 Å². The van der Waals surface area contributed by atoms with Gasteiger partial charge in [-0.3, -0.25) is 14.4 Å². The number of likely N-dealkylation sites (tertiary alicyclic amines) is 1. The first-order valence-electron chi connectivity index (χ1n) is 17.2. The number of rotatable bonds is 11. The van der Waals surface area contributed by atoms with Crippen LogP contribution in [0, 0.1) is 0 Å². The molecule has 7 nitrogen and oxygen atoms in total. The minimum Gasteiger partial charge on any atom is -0.494 e. The number of hydrogen-bond acceptors (Lipinski definition) is 5. The van der Waals surface area contributed by atoms with E-state index in [1.165, 1.54) is 22.8 Å². The van der Waals surface area contributed by atoms with E-state index in [4.69, 9.17) is 20.8 Å². The lowest BCUT2D eigenvalue weighted by molar-refractivity contribution is -0.133. The standard InChI is InChI=1S/C40H43ClN2O5/c1-2-21-47-33-18-19-37-35(24-33)36(44)25-38(48-37)40(46)42-32(23-28-12-16-31(41)17-13-28)22-27-10-14-29(15-11-27)34-8-4-3-7-30(34)26-43-20-6-5-9-39(43)45/h3-4,7-8,12-13,16-19,22,24-25,29,32H,2,5-6,9-11,14-15,20-21,23,26H2,1H3,(H,42,46)/t29?,32-/m1/s1. The quantitative estimate of drug-likeness (QED) is 0.163. The second-order valence-electron chi connectivity index (χ2n) is 13.0. The van der Waals surface area contributed by atoms with Gasteiger partial charge in [0, 0.05) is 30.6 Å². The summed E-state index contributed by atoms with van der Waals surface area (Å²) in [6.07, 6.45) is 10.2. The van der Waals surface area contributed by atoms with Crippen LogP contribution in [0.2, 0.25) is 5.02 Å². The molecule has 1 aliphatic carbocycles. The van der Waals surface area contributed by atoms with Crippen molar-refractivity contribution >= 4 is 34.4 Å². The summed E-state index contributed by atoms with van der Waals surface area (Å²) in [5.41, 5.74) is 4.98. The first-order valence-corrected chi connectivity index (χ1v) is 17.5. The molecule has 2 aliphatic rings. The molecule has 2 heterocycles. The monoisotopic (exact) mass is 666 g/mol. The van der Waals surface area contributed by atoms with Crippen LogP contribution in [0.1, 0.15) is 91.5 Å². The molecule has 1 atom stereocenters. The predicted molar refractivity (Wildman–Crippen MR) is 190 cm³/mol. The zero-order valence-electron chi connectivity index (χ0n) is 27.5. The molecular formula is C40H43ClN2O5. The highest BCUT2D eigenvalue weighted by atomic mass is 35.5. The first-order chi connectivity index (χ1) is 23.4. The number of ether oxygens (including phenoxy) is 1. The van der Waals surface area contributed by atoms with Crippen LogP contribution in [0.25, 0.3) is 11.0 Å². The third kappa shape index (κ3) is 8.37. The number of allylic oxidation sites excluding steroid dienone is 1. The number of fused-ring (bicyclic) bond motifs is 1. The molecular weight excluding hydrogens is 624 g/mol. The third-order valence-electron chi connectivity index (χ3n) is 9.42. The molecule has 2 amide bonds. The van der Waals surface area contributed by atoms with Gasteiger partial charge in [-0.15, -0.1) is 0 Å². The Morgan fingerprint density at radius 1 is 1.02 bits per heavy atom. The molecule has 4 aromatic rings. The predicted octanol–water partition coefficient (Wildman–Crippen LogP) is 8.37. The second-order valence-corrected chi connectivity index (χ2v) is 13.4. The minimum atomic E-state index is -0.439. The number of amides is 2. The van der Waals surface area contributed by atoms with Gasteiger partial charge >= 0.3 is 0 Å². The van der Waals surface area contributed by atoms with Crippen LogP contribution in [0.3, 0.4) is 0 Å². The zero-order chi connectivity index (χ0) is 33.5. The Balaban J connectivity index is 1.18. The molecule has 48 heavy (non-hydrogen) atoms. The maximum Gasteiger partial charge on any atom is 0.287 e. The van der Waals surface area contributed by atoms with Gasteiger partial charge in [0.25, 0.3) is 5.91 Å². The van der Waals surface area contributed by atoms with Gasteiger partial charge < -0.3 is 19.4 Å². The average molecular weight is 667 g/mol. The van der Waals surface area contributed by atoms with Crippen LogP contribution < -0.4 is 15.5 Å². The number of carbonyl (C=O) groups excluding carboxylic acids is 2. The largest absolute Gasteiger partial charge is 0.494 e. The summed E-state index contributed by atoms with van der Waals surface area (Å²) in [4.78, 5) is 41.1. The normalized spacial score (nSPS) is 17.3. The van der Waals surface area contributed by atoms with Gasteiger partial charge in [0.15, 0.2) is 11.2 Å². The Labute approximate surface area is 286 Å². The van der Waals surface area contributed by atoms with Crippen molar-refractivity contribution in [1.82, 2.24) is 10.2 Å². The van der Waals surface area contributed by atoms with Gasteiger partial charge in [-0.1, -0.05) is 66.6 Å². The molecule has 1 aliphatic heterocycles. The van der Waals surface area contributed by atoms with Crippen molar-refractivity contribution in [3.05, 3.63) is 122 Å². The number of nitrogens with one attached hydrogen (secondary N) is 1. The van der Waals surface area contributed by atoms with E-state index in [9.17, 15) is 14.4 Å². The maximum absolute atomic E-state index is 13.6. The number of carbonyl (C=O) groups is 2. The molecule has 250 valence electrons. The topological polar surface area (TPSA) is 88.8 Å². The molecule has 0 spiro atoms. The van der Waals surface area contributed by atoms with E-state index in [1.54, 1.807) is 18.2 Å². The van der Waals surface area contributed by atoms with E-state index in [2.05, 4.69) is 35.7 Å². The van der Waals surface area contributed by atoms with E-state index in [0.717, 1.165) is 57.1 Å². The molecule has 0 unspecified atom stereocenters. The molecule has 6 rings (SSSR count). The zero-order valence-corrected chi connectivity index (χ0v) is 28.3. The van der Waals surface area contributed by atoms with Crippen LogP contribution >= 0.6 is 11.6 Å². The molecule has 1 saturated carbocycles. The van der Waals surface area contributed by atoms with Gasteiger partial charge in [0.1, 0.15) is 11.3 Å². The number of piperidine rings is 1. The first kappa shape index (κ1) is 33.5. The second kappa shape index (κ2) is 15.7. The molecule has 0 radical (unpaired) electrons. The molecule has 2 fully saturated rings. The molecule has 0 bridgehead atoms. The van der Waals surface area contributed by atoms with Crippen molar-refractivity contribution in [2.24, 2.45) is 0 Å². The molecule has 1 aromatic heterocycles. The highest BCUT2D eigenvalue weighted by Gasteiger charge is 2.25. The molecule has 1 saturated heterocycles. The average Bonchev–Trinajstić information content (AvgIpc) is 3.10. The lowest BCUT2D eigenvalue weighted by atomic mass is 9.79. The highest BCUT2D eigenvalue weighted by Crippen LogP contribution is 2.37. The fourth-order valence-electron chi connectivity index (χ4n) is 6.88. The fourth-order valence-corrected chi connectivity index (χ4v) is 7.01. The van der Waals surface area contributed by atoms with Crippen molar-refractivity contribution in [3.63, 3.8) is 0 Å². The summed E-state index contributed by atoms with van der Waals surface area (Å²) in [5.74, 6) is 0.807. The van der Waals surface area contributed by atoms with Crippen LogP contribution in [-0.2, 0) is 17.8 Å². The Kier molecular flexibility index (Phi) is 11.0. The van der Waals surface area contributed by atoms with Gasteiger partial charge in [0.2, 0.25) is 5.91 Å². The van der Waals surface area contributed by atoms with Crippen LogP contribution in [-0.4, -0.2) is 35.9 Å². The van der Waals surface area contributed by atoms with Crippen molar-refractivity contribution in [2.75, 3.05) is 13.2 Å². The summed E-state index contributed by atoms with van der Waals surface area (Å²) < 4.78 is 11.6. The fraction of sp³-hybridized carbons (Fsp3) is 0.375. The summed E-state index contributed by atoms with van der Waals surface area (Å²) in [6.45, 7) is 4.09. The number of benzene rings is 3. The maximum atomic E-state index is 13.6. The van der Waals surface area contributed by atoms with Crippen molar-refractivity contribution in [1.29, 1.82) is 0 Å². The number of hydrogen-bond donors (Lipinski definition) is 1. The third-order valence-corrected chi connectivity index (χ3v) is 9.67. The van der Waals surface area contributed by atoms with E-state index in [-0.39, 0.29) is 23.1 Å². The van der Waals surface area contributed by atoms with Crippen molar-refractivity contribution < 1.29 is 18.7 Å². The van der Waals surface area contributed by atoms with Crippen LogP contribution in [0.5, 0.6) is 5.75 Å². The van der Waals surface area contributed by atoms with Gasteiger partial charge in [-0.2, -0.15) is 0 Å². The lowest BCUT2D eigenvalue weighted by Crippen LogP contribution is -2.36. The molecule has 1 N–H and O–H groups in total. The Morgan fingerprint density at radius 3 is 2.58 bits per heavy atom. The summed E-state index contributed by atoms with van der Waals surface area (Å²) in [6, 6.07) is 22.2. The Hall–Kier alpha value is -4.36. The van der Waals surface area contributed by atoms with Crippen molar-refractivity contribution in [2.45, 2.75) is 83.2 Å². The lowest BCUT2D eigenvalue weighted by Gasteiger charge is -2.31. The minimum absolute atomic E-state index is 0.0262. The van der Waals surface area contributed by atoms with E-state index in [0.29, 0.717) is 53.7 Å². The Morgan fingerprint density at radius 2 is 1.81 bits per heavy atom. The summed E-state index contributed by atoms with van der Waals surface area (Å²) in [7, 11) is 0.